The summed E-state index contributed by atoms with van der Waals surface area (Å²) in [5, 5.41) is 0. The number of ether oxygens (including phenoxy) is 1. The smallest absolute Gasteiger partial charge is 0.327 e. The molecule has 0 aliphatic carbocycles. The molecule has 0 unspecified atom stereocenters. The number of unbranched alkanes of at least 4 members (excludes halogenated alkanes) is 1. The highest BCUT2D eigenvalue weighted by Crippen LogP contribution is 2.44. The van der Waals surface area contributed by atoms with Gasteiger partial charge in [-0.3, -0.25) is 9.79 Å². The van der Waals surface area contributed by atoms with E-state index in [2.05, 4.69) is 11.6 Å². The maximum absolute atomic E-state index is 11.3. The van der Waals surface area contributed by atoms with E-state index in [4.69, 9.17) is 4.74 Å². The predicted molar refractivity (Wildman–Crippen MR) is 86.3 cm³/mol. The van der Waals surface area contributed by atoms with E-state index < -0.39 is 0 Å². The van der Waals surface area contributed by atoms with E-state index in [-0.39, 0.29) is 16.6 Å². The fraction of sp³-hybridized carbons (Fsp3) is 0.714. The standard InChI is InChI=1S/C14H23NO2S2/c1-3-5-6-8-14(18-9-7-10-19-14)12-15-11-13(16)17-4-2/h3,12H,1,4-11H2,2H3. The monoisotopic (exact) mass is 301 g/mol. The lowest BCUT2D eigenvalue weighted by Gasteiger charge is -2.32. The Balaban J connectivity index is 2.50. The van der Waals surface area contributed by atoms with Crippen LogP contribution in [0, 0.1) is 0 Å². The number of hydrogen-bond donors (Lipinski definition) is 0. The molecule has 0 aromatic carbocycles. The van der Waals surface area contributed by atoms with Crippen LogP contribution in [-0.4, -0.2) is 40.9 Å². The van der Waals surface area contributed by atoms with E-state index in [0.717, 1.165) is 19.3 Å². The molecule has 0 atom stereocenters. The molecule has 1 aliphatic heterocycles. The van der Waals surface area contributed by atoms with Crippen molar-refractivity contribution in [2.24, 2.45) is 4.99 Å². The van der Waals surface area contributed by atoms with Crippen molar-refractivity contribution in [3.63, 3.8) is 0 Å². The number of carbonyl (C=O) groups is 1. The zero-order valence-electron chi connectivity index (χ0n) is 11.6. The molecule has 108 valence electrons. The first-order valence-electron chi connectivity index (χ1n) is 6.78. The second kappa shape index (κ2) is 9.48. The van der Waals surface area contributed by atoms with Gasteiger partial charge in [0.2, 0.25) is 0 Å². The van der Waals surface area contributed by atoms with Crippen LogP contribution in [0.3, 0.4) is 0 Å². The van der Waals surface area contributed by atoms with Crippen molar-refractivity contribution in [3.8, 4) is 0 Å². The van der Waals surface area contributed by atoms with Gasteiger partial charge in [0, 0.05) is 6.21 Å². The summed E-state index contributed by atoms with van der Waals surface area (Å²) in [6, 6.07) is 0. The van der Waals surface area contributed by atoms with Crippen LogP contribution in [0.1, 0.15) is 32.6 Å². The molecular formula is C14H23NO2S2. The van der Waals surface area contributed by atoms with Crippen molar-refractivity contribution in [2.45, 2.75) is 36.7 Å². The lowest BCUT2D eigenvalue weighted by atomic mass is 10.2. The number of aliphatic imine (C=N–C) groups is 1. The molecule has 0 radical (unpaired) electrons. The summed E-state index contributed by atoms with van der Waals surface area (Å²) in [5.41, 5.74) is 0. The van der Waals surface area contributed by atoms with Crippen LogP contribution in [0.2, 0.25) is 0 Å². The third-order valence-electron chi connectivity index (χ3n) is 2.73. The highest BCUT2D eigenvalue weighted by molar-refractivity contribution is 8.19. The minimum atomic E-state index is -0.245. The van der Waals surface area contributed by atoms with Crippen LogP contribution in [0.5, 0.6) is 0 Å². The molecule has 0 aromatic rings. The number of nitrogens with zero attached hydrogens (tertiary/aromatic N) is 1. The Morgan fingerprint density at radius 2 is 2.21 bits per heavy atom. The average Bonchev–Trinajstić information content (AvgIpc) is 2.40. The van der Waals surface area contributed by atoms with Crippen molar-refractivity contribution in [3.05, 3.63) is 12.7 Å². The van der Waals surface area contributed by atoms with Crippen LogP contribution in [0.4, 0.5) is 0 Å². The van der Waals surface area contributed by atoms with E-state index in [0.29, 0.717) is 6.61 Å². The Kier molecular flexibility index (Phi) is 8.30. The first-order valence-corrected chi connectivity index (χ1v) is 8.75. The van der Waals surface area contributed by atoms with Gasteiger partial charge in [0.25, 0.3) is 0 Å². The van der Waals surface area contributed by atoms with E-state index in [1.54, 1.807) is 0 Å². The molecular weight excluding hydrogens is 278 g/mol. The van der Waals surface area contributed by atoms with E-state index in [1.807, 2.05) is 42.7 Å². The predicted octanol–water partition coefficient (Wildman–Crippen LogP) is 3.54. The Bertz CT molecular complexity index is 313. The fourth-order valence-corrected chi connectivity index (χ4v) is 4.99. The summed E-state index contributed by atoms with van der Waals surface area (Å²) in [5.74, 6) is 2.10. The molecule has 0 amide bonds. The SMILES string of the molecule is C=CCCCC1(C=NCC(=O)OCC)SCCCS1. The van der Waals surface area contributed by atoms with Crippen LogP contribution in [-0.2, 0) is 9.53 Å². The number of rotatable bonds is 8. The van der Waals surface area contributed by atoms with Gasteiger partial charge in [0.15, 0.2) is 0 Å². The highest BCUT2D eigenvalue weighted by Gasteiger charge is 2.31. The van der Waals surface area contributed by atoms with Gasteiger partial charge in [0.05, 0.1) is 10.7 Å². The second-order valence-electron chi connectivity index (χ2n) is 4.32. The van der Waals surface area contributed by atoms with Crippen LogP contribution in [0.25, 0.3) is 0 Å². The molecule has 1 fully saturated rings. The van der Waals surface area contributed by atoms with Crippen LogP contribution < -0.4 is 0 Å². The summed E-state index contributed by atoms with van der Waals surface area (Å²) in [7, 11) is 0. The minimum Gasteiger partial charge on any atom is -0.465 e. The Morgan fingerprint density at radius 3 is 2.84 bits per heavy atom. The number of hydrogen-bond acceptors (Lipinski definition) is 5. The molecule has 5 heteroatoms. The largest absolute Gasteiger partial charge is 0.465 e. The molecule has 0 saturated carbocycles. The van der Waals surface area contributed by atoms with Gasteiger partial charge in [-0.15, -0.1) is 30.1 Å². The lowest BCUT2D eigenvalue weighted by Crippen LogP contribution is -2.27. The molecule has 19 heavy (non-hydrogen) atoms. The van der Waals surface area contributed by atoms with Crippen molar-refractivity contribution in [2.75, 3.05) is 24.7 Å². The molecule has 1 heterocycles. The van der Waals surface area contributed by atoms with Crippen molar-refractivity contribution >= 4 is 35.7 Å². The molecule has 1 saturated heterocycles. The lowest BCUT2D eigenvalue weighted by molar-refractivity contribution is -0.141. The zero-order valence-corrected chi connectivity index (χ0v) is 13.2. The number of allylic oxidation sites excluding steroid dienone is 1. The summed E-state index contributed by atoms with van der Waals surface area (Å²) < 4.78 is 4.93. The Morgan fingerprint density at radius 1 is 1.47 bits per heavy atom. The van der Waals surface area contributed by atoms with Crippen molar-refractivity contribution < 1.29 is 9.53 Å². The van der Waals surface area contributed by atoms with Crippen LogP contribution >= 0.6 is 23.5 Å². The van der Waals surface area contributed by atoms with E-state index >= 15 is 0 Å². The van der Waals surface area contributed by atoms with Crippen LogP contribution in [0.15, 0.2) is 17.6 Å². The Hall–Kier alpha value is -0.420. The van der Waals surface area contributed by atoms with Crippen molar-refractivity contribution in [1.82, 2.24) is 0 Å². The van der Waals surface area contributed by atoms with Crippen molar-refractivity contribution in [1.29, 1.82) is 0 Å². The molecule has 0 N–H and O–H groups in total. The topological polar surface area (TPSA) is 38.7 Å². The minimum absolute atomic E-state index is 0.0494. The van der Waals surface area contributed by atoms with Gasteiger partial charge in [-0.25, -0.2) is 0 Å². The number of carbonyl (C=O) groups excluding carboxylic acids is 1. The quantitative estimate of drug-likeness (QED) is 0.297. The summed E-state index contributed by atoms with van der Waals surface area (Å²) in [6.45, 7) is 6.13. The molecule has 0 bridgehead atoms. The Labute approximate surface area is 124 Å². The van der Waals surface area contributed by atoms with E-state index in [9.17, 15) is 4.79 Å². The van der Waals surface area contributed by atoms with E-state index in [1.165, 1.54) is 17.9 Å². The first-order chi connectivity index (χ1) is 9.22. The molecule has 3 nitrogen and oxygen atoms in total. The van der Waals surface area contributed by atoms with Gasteiger partial charge < -0.3 is 4.74 Å². The molecule has 1 aliphatic rings. The fourth-order valence-electron chi connectivity index (χ4n) is 1.83. The van der Waals surface area contributed by atoms with Gasteiger partial charge in [-0.2, -0.15) is 0 Å². The summed E-state index contributed by atoms with van der Waals surface area (Å²) in [4.78, 5) is 15.6. The third kappa shape index (κ3) is 6.52. The third-order valence-corrected chi connectivity index (χ3v) is 6.02. The maximum Gasteiger partial charge on any atom is 0.327 e. The molecule has 1 rings (SSSR count). The van der Waals surface area contributed by atoms with Gasteiger partial charge >= 0.3 is 5.97 Å². The zero-order chi connectivity index (χ0) is 14.0. The summed E-state index contributed by atoms with van der Waals surface area (Å²) in [6.07, 6.45) is 8.43. The van der Waals surface area contributed by atoms with Gasteiger partial charge in [-0.05, 0) is 44.1 Å². The average molecular weight is 301 g/mol. The van der Waals surface area contributed by atoms with Gasteiger partial charge in [0.1, 0.15) is 6.54 Å². The number of thioether (sulfide) groups is 2. The molecule has 0 aromatic heterocycles. The maximum atomic E-state index is 11.3. The molecule has 0 spiro atoms. The highest BCUT2D eigenvalue weighted by atomic mass is 32.2. The summed E-state index contributed by atoms with van der Waals surface area (Å²) >= 11 is 3.91. The van der Waals surface area contributed by atoms with Gasteiger partial charge in [-0.1, -0.05) is 6.08 Å². The number of esters is 1. The normalized spacial score (nSPS) is 18.4. The second-order valence-corrected chi connectivity index (χ2v) is 7.43. The first kappa shape index (κ1) is 16.6.